The van der Waals surface area contributed by atoms with Gasteiger partial charge in [0.05, 0.1) is 12.8 Å². The lowest BCUT2D eigenvalue weighted by Gasteiger charge is -2.37. The Bertz CT molecular complexity index is 941. The van der Waals surface area contributed by atoms with Crippen LogP contribution in [0.5, 0.6) is 5.75 Å². The molecule has 1 saturated heterocycles. The number of piperazine rings is 1. The zero-order valence-corrected chi connectivity index (χ0v) is 17.1. The minimum atomic E-state index is 0.812. The average molecular weight is 393 g/mol. The van der Waals surface area contributed by atoms with Gasteiger partial charge in [0, 0.05) is 70.3 Å². The van der Waals surface area contributed by atoms with E-state index in [1.165, 1.54) is 5.69 Å². The smallest absolute Gasteiger partial charge is 0.193 e. The van der Waals surface area contributed by atoms with Crippen LogP contribution >= 0.6 is 0 Å². The summed E-state index contributed by atoms with van der Waals surface area (Å²) in [4.78, 5) is 13.8. The molecular formula is C22H28N6O. The van der Waals surface area contributed by atoms with E-state index in [1.54, 1.807) is 7.11 Å². The first kappa shape index (κ1) is 19.1. The number of imidazole rings is 1. The van der Waals surface area contributed by atoms with Crippen LogP contribution in [0.15, 0.2) is 59.9 Å². The number of rotatable bonds is 5. The van der Waals surface area contributed by atoms with Crippen LogP contribution in [0.25, 0.3) is 5.65 Å². The first-order valence-corrected chi connectivity index (χ1v) is 10.0. The molecule has 4 rings (SSSR count). The Morgan fingerprint density at radius 2 is 2.00 bits per heavy atom. The summed E-state index contributed by atoms with van der Waals surface area (Å²) in [5.41, 5.74) is 3.28. The van der Waals surface area contributed by atoms with Crippen molar-refractivity contribution in [1.29, 1.82) is 0 Å². The van der Waals surface area contributed by atoms with Gasteiger partial charge >= 0.3 is 0 Å². The lowest BCUT2D eigenvalue weighted by Crippen LogP contribution is -2.52. The van der Waals surface area contributed by atoms with E-state index in [-0.39, 0.29) is 0 Å². The predicted molar refractivity (Wildman–Crippen MR) is 117 cm³/mol. The molecule has 0 saturated carbocycles. The summed E-state index contributed by atoms with van der Waals surface area (Å²) in [5.74, 6) is 1.86. The molecule has 29 heavy (non-hydrogen) atoms. The lowest BCUT2D eigenvalue weighted by atomic mass is 10.2. The van der Waals surface area contributed by atoms with E-state index in [9.17, 15) is 0 Å². The molecule has 1 aromatic carbocycles. The minimum Gasteiger partial charge on any atom is -0.497 e. The van der Waals surface area contributed by atoms with Crippen LogP contribution in [0.2, 0.25) is 0 Å². The maximum atomic E-state index is 5.35. The third-order valence-electron chi connectivity index (χ3n) is 5.29. The molecule has 0 aliphatic carbocycles. The van der Waals surface area contributed by atoms with Gasteiger partial charge in [0.1, 0.15) is 11.4 Å². The molecule has 1 aliphatic heterocycles. The summed E-state index contributed by atoms with van der Waals surface area (Å²) < 4.78 is 7.41. The molecule has 0 radical (unpaired) electrons. The molecule has 7 heteroatoms. The van der Waals surface area contributed by atoms with Crippen LogP contribution in [-0.2, 0) is 6.42 Å². The van der Waals surface area contributed by atoms with Gasteiger partial charge in [-0.3, -0.25) is 4.99 Å². The number of aromatic nitrogens is 2. The number of benzene rings is 1. The standard InChI is InChI=1S/C22H28N6O/c1-23-22(24-10-9-18-17-28-11-4-3-8-21(28)25-18)27-14-12-26(13-15-27)19-6-5-7-20(16-19)29-2/h3-8,11,16-17H,9-10,12-15H2,1-2H3,(H,23,24). The normalized spacial score (nSPS) is 15.0. The molecular weight excluding hydrogens is 364 g/mol. The number of ether oxygens (including phenoxy) is 1. The van der Waals surface area contributed by atoms with Gasteiger partial charge in [-0.2, -0.15) is 0 Å². The number of anilines is 1. The number of aliphatic imine (C=N–C) groups is 1. The van der Waals surface area contributed by atoms with Crippen molar-refractivity contribution in [3.8, 4) is 5.75 Å². The highest BCUT2D eigenvalue weighted by Gasteiger charge is 2.20. The maximum Gasteiger partial charge on any atom is 0.193 e. The Morgan fingerprint density at radius 1 is 1.14 bits per heavy atom. The number of hydrogen-bond acceptors (Lipinski definition) is 4. The largest absolute Gasteiger partial charge is 0.497 e. The van der Waals surface area contributed by atoms with Crippen molar-refractivity contribution in [2.45, 2.75) is 6.42 Å². The molecule has 3 heterocycles. The topological polar surface area (TPSA) is 57.4 Å². The van der Waals surface area contributed by atoms with Crippen LogP contribution in [0.1, 0.15) is 5.69 Å². The van der Waals surface area contributed by atoms with Crippen LogP contribution < -0.4 is 15.0 Å². The van der Waals surface area contributed by atoms with Crippen molar-refractivity contribution in [2.75, 3.05) is 51.8 Å². The molecule has 0 unspecified atom stereocenters. The van der Waals surface area contributed by atoms with Crippen LogP contribution in [0, 0.1) is 0 Å². The highest BCUT2D eigenvalue weighted by molar-refractivity contribution is 5.80. The number of guanidine groups is 1. The predicted octanol–water partition coefficient (Wildman–Crippen LogP) is 2.28. The van der Waals surface area contributed by atoms with E-state index in [1.807, 2.05) is 43.6 Å². The Balaban J connectivity index is 1.28. The van der Waals surface area contributed by atoms with Gasteiger partial charge in [0.15, 0.2) is 5.96 Å². The summed E-state index contributed by atoms with van der Waals surface area (Å²) in [6, 6.07) is 14.3. The SMILES string of the molecule is CN=C(NCCc1cn2ccccc2n1)N1CCN(c2cccc(OC)c2)CC1. The fraction of sp³-hybridized carbons (Fsp3) is 0.364. The monoisotopic (exact) mass is 392 g/mol. The summed E-state index contributed by atoms with van der Waals surface area (Å²) in [7, 11) is 3.56. The molecule has 7 nitrogen and oxygen atoms in total. The van der Waals surface area contributed by atoms with Gasteiger partial charge in [-0.1, -0.05) is 12.1 Å². The highest BCUT2D eigenvalue weighted by Crippen LogP contribution is 2.22. The third kappa shape index (κ3) is 4.45. The molecule has 1 aliphatic rings. The summed E-state index contributed by atoms with van der Waals surface area (Å²) in [6.07, 6.45) is 4.98. The Hall–Kier alpha value is -3.22. The summed E-state index contributed by atoms with van der Waals surface area (Å²) in [5, 5.41) is 3.49. The van der Waals surface area contributed by atoms with Crippen LogP contribution in [-0.4, -0.2) is 67.1 Å². The maximum absolute atomic E-state index is 5.35. The van der Waals surface area contributed by atoms with Crippen molar-refractivity contribution in [3.63, 3.8) is 0 Å². The van der Waals surface area contributed by atoms with Gasteiger partial charge in [-0.25, -0.2) is 4.98 Å². The zero-order chi connectivity index (χ0) is 20.1. The molecule has 0 atom stereocenters. The summed E-state index contributed by atoms with van der Waals surface area (Å²) >= 11 is 0. The molecule has 1 fully saturated rings. The second-order valence-electron chi connectivity index (χ2n) is 7.10. The molecule has 0 spiro atoms. The lowest BCUT2D eigenvalue weighted by molar-refractivity contribution is 0.372. The number of nitrogens with one attached hydrogen (secondary N) is 1. The van der Waals surface area contributed by atoms with Gasteiger partial charge < -0.3 is 24.3 Å². The van der Waals surface area contributed by atoms with E-state index in [0.29, 0.717) is 0 Å². The van der Waals surface area contributed by atoms with Gasteiger partial charge in [-0.05, 0) is 24.3 Å². The second kappa shape index (κ2) is 8.86. The summed E-state index contributed by atoms with van der Waals surface area (Å²) in [6.45, 7) is 4.60. The van der Waals surface area contributed by atoms with Crippen molar-refractivity contribution in [2.24, 2.45) is 4.99 Å². The molecule has 152 valence electrons. The molecule has 1 N–H and O–H groups in total. The number of nitrogens with zero attached hydrogens (tertiary/aromatic N) is 5. The van der Waals surface area contributed by atoms with Crippen LogP contribution in [0.4, 0.5) is 5.69 Å². The quantitative estimate of drug-likeness (QED) is 0.533. The molecule has 2 aromatic heterocycles. The number of methoxy groups -OCH3 is 1. The van der Waals surface area contributed by atoms with Crippen molar-refractivity contribution < 1.29 is 4.74 Å². The minimum absolute atomic E-state index is 0.812. The number of hydrogen-bond donors (Lipinski definition) is 1. The third-order valence-corrected chi connectivity index (χ3v) is 5.29. The number of pyridine rings is 1. The van der Waals surface area contributed by atoms with Crippen LogP contribution in [0.3, 0.4) is 0 Å². The molecule has 0 bridgehead atoms. The van der Waals surface area contributed by atoms with E-state index in [0.717, 1.165) is 62.2 Å². The van der Waals surface area contributed by atoms with Crippen molar-refractivity contribution in [3.05, 3.63) is 60.6 Å². The van der Waals surface area contributed by atoms with E-state index in [4.69, 9.17) is 4.74 Å². The van der Waals surface area contributed by atoms with E-state index < -0.39 is 0 Å². The van der Waals surface area contributed by atoms with Crippen molar-refractivity contribution in [1.82, 2.24) is 19.6 Å². The first-order chi connectivity index (χ1) is 14.3. The fourth-order valence-corrected chi connectivity index (χ4v) is 3.73. The van der Waals surface area contributed by atoms with E-state index in [2.05, 4.69) is 47.8 Å². The van der Waals surface area contributed by atoms with Gasteiger partial charge in [0.2, 0.25) is 0 Å². The highest BCUT2D eigenvalue weighted by atomic mass is 16.5. The fourth-order valence-electron chi connectivity index (χ4n) is 3.73. The van der Waals surface area contributed by atoms with Crippen molar-refractivity contribution >= 4 is 17.3 Å². The first-order valence-electron chi connectivity index (χ1n) is 10.0. The van der Waals surface area contributed by atoms with E-state index >= 15 is 0 Å². The Kier molecular flexibility index (Phi) is 5.84. The van der Waals surface area contributed by atoms with Gasteiger partial charge in [0.25, 0.3) is 0 Å². The van der Waals surface area contributed by atoms with Gasteiger partial charge in [-0.15, -0.1) is 0 Å². The molecule has 3 aromatic rings. The zero-order valence-electron chi connectivity index (χ0n) is 17.1. The molecule has 0 amide bonds. The second-order valence-corrected chi connectivity index (χ2v) is 7.10. The average Bonchev–Trinajstić information content (AvgIpc) is 3.20. The Morgan fingerprint density at radius 3 is 2.76 bits per heavy atom. The Labute approximate surface area is 171 Å². The number of fused-ring (bicyclic) bond motifs is 1.